The molecule has 1 fully saturated rings. The van der Waals surface area contributed by atoms with Gasteiger partial charge in [-0.1, -0.05) is 13.8 Å². The number of nitrogens with one attached hydrogen (secondary N) is 1. The highest BCUT2D eigenvalue weighted by Gasteiger charge is 2.68. The number of nitrogens with two attached hydrogens (primary N) is 1. The molecule has 6 N–H and O–H groups in total. The average Bonchev–Trinajstić information content (AvgIpc) is 2.82. The molecule has 0 spiro atoms. The normalized spacial score (nSPS) is 30.4. The van der Waals surface area contributed by atoms with E-state index in [1.54, 1.807) is 13.8 Å². The van der Waals surface area contributed by atoms with Crippen LogP contribution >= 0.6 is 12.2 Å². The molecule has 2 rings (SSSR count). The molecule has 1 aliphatic heterocycles. The molecule has 0 aliphatic carbocycles. The molecule has 0 bridgehead atoms. The molecule has 164 valence electrons. The van der Waals surface area contributed by atoms with E-state index in [1.807, 2.05) is 0 Å². The standard InChI is InChI=1S/C15H25B3FN3O7S/c1-5(2)7(20)11(27)28-15(17,18)13(19)8(24)9(25)14(16,29-13)22-3-6(4-23)10(26)21-12(22)30/h3,5,7-9,23-25H,4,16-18,20H2,1-2H3,(H,21,26,30)/t7-,8-,9+,13-,14-/m0/s1. The molecule has 1 aliphatic rings. The molecule has 0 unspecified atom stereocenters. The number of carbonyl (C=O) groups excluding carboxylic acids is 1. The fourth-order valence-electron chi connectivity index (χ4n) is 3.20. The number of halogens is 1. The Hall–Kier alpha value is -1.51. The van der Waals surface area contributed by atoms with Crippen LogP contribution in [-0.4, -0.2) is 83.9 Å². The first kappa shape index (κ1) is 24.8. The first-order valence-corrected chi connectivity index (χ1v) is 9.73. The lowest BCUT2D eigenvalue weighted by molar-refractivity contribution is -0.250. The van der Waals surface area contributed by atoms with Crippen LogP contribution in [0.25, 0.3) is 0 Å². The Bertz CT molecular complexity index is 945. The van der Waals surface area contributed by atoms with Crippen molar-refractivity contribution in [1.29, 1.82) is 0 Å². The minimum atomic E-state index is -3.07. The van der Waals surface area contributed by atoms with Gasteiger partial charge in [-0.05, 0) is 18.1 Å². The summed E-state index contributed by atoms with van der Waals surface area (Å²) < 4.78 is 27.5. The van der Waals surface area contributed by atoms with E-state index in [2.05, 4.69) is 4.98 Å². The molecule has 0 saturated carbocycles. The van der Waals surface area contributed by atoms with E-state index in [0.717, 1.165) is 10.8 Å². The summed E-state index contributed by atoms with van der Waals surface area (Å²) in [7, 11) is 3.57. The molecular formula is C15H25B3FN3O7S. The maximum atomic E-state index is 16.0. The monoisotopic (exact) mass is 443 g/mol. The van der Waals surface area contributed by atoms with E-state index in [1.165, 1.54) is 23.5 Å². The number of carbonyl (C=O) groups is 1. The van der Waals surface area contributed by atoms with Crippen molar-refractivity contribution >= 4 is 41.7 Å². The van der Waals surface area contributed by atoms with E-state index in [4.69, 9.17) is 27.4 Å². The third kappa shape index (κ3) is 3.89. The van der Waals surface area contributed by atoms with Crippen LogP contribution in [0.5, 0.6) is 0 Å². The van der Waals surface area contributed by atoms with Gasteiger partial charge in [0.25, 0.3) is 11.4 Å². The fourth-order valence-corrected chi connectivity index (χ4v) is 3.53. The molecule has 0 radical (unpaired) electrons. The molecule has 5 atom stereocenters. The number of aliphatic hydroxyl groups is 3. The zero-order chi connectivity index (χ0) is 23.2. The van der Waals surface area contributed by atoms with E-state index in [-0.39, 0.29) is 16.3 Å². The predicted octanol–water partition coefficient (Wildman–Crippen LogP) is -4.49. The summed E-state index contributed by atoms with van der Waals surface area (Å²) in [6, 6.07) is -1.04. The van der Waals surface area contributed by atoms with Crippen molar-refractivity contribution in [2.45, 2.75) is 55.6 Å². The lowest BCUT2D eigenvalue weighted by Gasteiger charge is -2.40. The second-order valence-corrected chi connectivity index (χ2v) is 8.72. The molecule has 1 aromatic rings. The molecule has 0 aromatic carbocycles. The number of aromatic nitrogens is 2. The van der Waals surface area contributed by atoms with Crippen molar-refractivity contribution < 1.29 is 34.0 Å². The van der Waals surface area contributed by atoms with Crippen molar-refractivity contribution in [2.75, 3.05) is 0 Å². The van der Waals surface area contributed by atoms with Crippen LogP contribution in [0.1, 0.15) is 19.4 Å². The Kier molecular flexibility index (Phi) is 6.77. The van der Waals surface area contributed by atoms with Crippen LogP contribution in [0, 0.1) is 10.7 Å². The van der Waals surface area contributed by atoms with Gasteiger partial charge in [-0.3, -0.25) is 14.6 Å². The highest BCUT2D eigenvalue weighted by molar-refractivity contribution is 7.71. The van der Waals surface area contributed by atoms with Gasteiger partial charge < -0.3 is 35.1 Å². The quantitative estimate of drug-likeness (QED) is 0.166. The minimum absolute atomic E-state index is 0.125. The number of aromatic amines is 1. The zero-order valence-corrected chi connectivity index (χ0v) is 18.2. The zero-order valence-electron chi connectivity index (χ0n) is 17.4. The second kappa shape index (κ2) is 8.21. The van der Waals surface area contributed by atoms with E-state index in [0.29, 0.717) is 0 Å². The summed E-state index contributed by atoms with van der Waals surface area (Å²) in [5.41, 5.74) is 2.95. The fraction of sp³-hybridized carbons (Fsp3) is 0.667. The van der Waals surface area contributed by atoms with Gasteiger partial charge in [0.2, 0.25) is 0 Å². The smallest absolute Gasteiger partial charge is 0.322 e. The van der Waals surface area contributed by atoms with Crippen LogP contribution in [0.3, 0.4) is 0 Å². The first-order valence-electron chi connectivity index (χ1n) is 9.32. The molecule has 2 heterocycles. The topological polar surface area (TPSA) is 160 Å². The van der Waals surface area contributed by atoms with Crippen molar-refractivity contribution in [3.63, 3.8) is 0 Å². The Morgan fingerprint density at radius 2 is 2.07 bits per heavy atom. The molecule has 1 aromatic heterocycles. The van der Waals surface area contributed by atoms with Gasteiger partial charge in [-0.15, -0.1) is 0 Å². The van der Waals surface area contributed by atoms with Crippen LogP contribution in [0.2, 0.25) is 0 Å². The molecule has 10 nitrogen and oxygen atoms in total. The Morgan fingerprint density at radius 3 is 2.57 bits per heavy atom. The van der Waals surface area contributed by atoms with Crippen molar-refractivity contribution in [3.05, 3.63) is 26.9 Å². The van der Waals surface area contributed by atoms with Gasteiger partial charge >= 0.3 is 5.97 Å². The molecule has 15 heteroatoms. The minimum Gasteiger partial charge on any atom is -0.471 e. The lowest BCUT2D eigenvalue weighted by Crippen LogP contribution is -2.62. The lowest BCUT2D eigenvalue weighted by atomic mass is 9.59. The predicted molar refractivity (Wildman–Crippen MR) is 114 cm³/mol. The maximum Gasteiger partial charge on any atom is 0.322 e. The summed E-state index contributed by atoms with van der Waals surface area (Å²) in [6.45, 7) is 2.71. The number of rotatable bonds is 6. The summed E-state index contributed by atoms with van der Waals surface area (Å²) in [5, 5.41) is 28.5. The molecule has 0 amide bonds. The third-order valence-electron chi connectivity index (χ3n) is 5.42. The van der Waals surface area contributed by atoms with Crippen LogP contribution in [0.15, 0.2) is 11.0 Å². The van der Waals surface area contributed by atoms with Crippen molar-refractivity contribution in [2.24, 2.45) is 11.7 Å². The number of alkyl halides is 1. The molecular weight excluding hydrogens is 418 g/mol. The number of H-pyrrole nitrogens is 1. The molecule has 1 saturated heterocycles. The highest BCUT2D eigenvalue weighted by atomic mass is 32.1. The summed E-state index contributed by atoms with van der Waals surface area (Å²) >= 11 is 5.08. The maximum absolute atomic E-state index is 16.0. The van der Waals surface area contributed by atoms with Gasteiger partial charge in [-0.25, -0.2) is 4.39 Å². The number of aliphatic hydroxyl groups excluding tert-OH is 3. The third-order valence-corrected chi connectivity index (χ3v) is 5.71. The Balaban J connectivity index is 2.50. The number of nitrogens with zero attached hydrogens (tertiary/aromatic N) is 1. The average molecular weight is 443 g/mol. The summed E-state index contributed by atoms with van der Waals surface area (Å²) in [6.07, 6.45) is -2.95. The van der Waals surface area contributed by atoms with E-state index < -0.39 is 53.3 Å². The SMILES string of the molecule is BC(B)(OC(=O)[C@@H](N)C(C)C)[C@@]1(F)O[C@@](B)(n2cc(CO)c(=O)[nH]c2=S)[C@H](O)[C@@H]1O. The van der Waals surface area contributed by atoms with Crippen LogP contribution in [0.4, 0.5) is 4.39 Å². The van der Waals surface area contributed by atoms with Crippen molar-refractivity contribution in [3.8, 4) is 0 Å². The summed E-state index contributed by atoms with van der Waals surface area (Å²) in [4.78, 5) is 26.4. The van der Waals surface area contributed by atoms with E-state index in [9.17, 15) is 24.9 Å². The van der Waals surface area contributed by atoms with Gasteiger partial charge in [0.1, 0.15) is 29.3 Å². The molecule has 30 heavy (non-hydrogen) atoms. The van der Waals surface area contributed by atoms with Crippen LogP contribution in [-0.2, 0) is 26.5 Å². The largest absolute Gasteiger partial charge is 0.471 e. The van der Waals surface area contributed by atoms with Gasteiger partial charge in [0, 0.05) is 6.20 Å². The van der Waals surface area contributed by atoms with Gasteiger partial charge in [0.05, 0.1) is 12.2 Å². The van der Waals surface area contributed by atoms with Gasteiger partial charge in [-0.2, -0.15) is 0 Å². The van der Waals surface area contributed by atoms with Crippen LogP contribution < -0.4 is 11.3 Å². The number of ether oxygens (including phenoxy) is 2. The highest BCUT2D eigenvalue weighted by Crippen LogP contribution is 2.46. The van der Waals surface area contributed by atoms with Crippen molar-refractivity contribution in [1.82, 2.24) is 9.55 Å². The Labute approximate surface area is 179 Å². The number of esters is 1. The number of hydrogen-bond acceptors (Lipinski definition) is 9. The summed E-state index contributed by atoms with van der Waals surface area (Å²) in [5.74, 6) is -4.27. The Morgan fingerprint density at radius 1 is 1.50 bits per heavy atom. The second-order valence-electron chi connectivity index (χ2n) is 8.33. The number of hydrogen-bond donors (Lipinski definition) is 5. The van der Waals surface area contributed by atoms with E-state index >= 15 is 4.39 Å². The first-order chi connectivity index (χ1) is 13.6. The van der Waals surface area contributed by atoms with Gasteiger partial charge in [0.15, 0.2) is 28.3 Å².